The van der Waals surface area contributed by atoms with Crippen molar-refractivity contribution in [2.75, 3.05) is 51.1 Å². The first kappa shape index (κ1) is 30.6. The van der Waals surface area contributed by atoms with Crippen LogP contribution in [0.2, 0.25) is 0 Å². The number of aromatic nitrogens is 2. The molecule has 1 fully saturated rings. The summed E-state index contributed by atoms with van der Waals surface area (Å²) in [5, 5.41) is 8.43. The molecule has 0 spiro atoms. The molecule has 4 aromatic rings. The monoisotopic (exact) mass is 581 g/mol. The van der Waals surface area contributed by atoms with Crippen LogP contribution in [-0.4, -0.2) is 56.9 Å². The second kappa shape index (κ2) is 15.6. The summed E-state index contributed by atoms with van der Waals surface area (Å²) < 4.78 is 11.2. The summed E-state index contributed by atoms with van der Waals surface area (Å²) in [7, 11) is 5.77. The molecule has 0 atom stereocenters. The Kier molecular flexibility index (Phi) is 11.1. The van der Waals surface area contributed by atoms with Crippen LogP contribution in [-0.2, 0) is 0 Å². The second-order valence-corrected chi connectivity index (χ2v) is 11.9. The molecule has 0 saturated heterocycles. The van der Waals surface area contributed by atoms with E-state index >= 15 is 0 Å². The number of fused-ring (bicyclic) bond motifs is 1. The fourth-order valence-electron chi connectivity index (χ4n) is 5.89. The first-order valence-corrected chi connectivity index (χ1v) is 15.9. The van der Waals surface area contributed by atoms with Gasteiger partial charge in [-0.1, -0.05) is 49.2 Å². The van der Waals surface area contributed by atoms with Gasteiger partial charge in [-0.3, -0.25) is 0 Å². The van der Waals surface area contributed by atoms with Crippen LogP contribution in [0.3, 0.4) is 0 Å². The molecule has 1 aliphatic rings. The van der Waals surface area contributed by atoms with Crippen molar-refractivity contribution in [3.63, 3.8) is 0 Å². The quantitative estimate of drug-likeness (QED) is 0.140. The van der Waals surface area contributed by atoms with Crippen molar-refractivity contribution in [2.45, 2.75) is 57.4 Å². The maximum Gasteiger partial charge on any atom is 0.225 e. The zero-order valence-electron chi connectivity index (χ0n) is 26.0. The van der Waals surface area contributed by atoms with Gasteiger partial charge in [-0.05, 0) is 105 Å². The molecule has 1 heterocycles. The Bertz CT molecular complexity index is 1400. The van der Waals surface area contributed by atoms with Crippen molar-refractivity contribution in [1.29, 1.82) is 0 Å². The highest BCUT2D eigenvalue weighted by atomic mass is 16.5. The third-order valence-corrected chi connectivity index (χ3v) is 8.41. The summed E-state index contributed by atoms with van der Waals surface area (Å²) in [5.41, 5.74) is 3.35. The number of nitrogens with zero attached hydrogens (tertiary/aromatic N) is 3. The molecule has 5 rings (SSSR count). The molecule has 3 aromatic carbocycles. The van der Waals surface area contributed by atoms with E-state index < -0.39 is 0 Å². The van der Waals surface area contributed by atoms with Gasteiger partial charge in [0.25, 0.3) is 0 Å². The minimum absolute atomic E-state index is 0.445. The van der Waals surface area contributed by atoms with Crippen molar-refractivity contribution in [1.82, 2.24) is 15.3 Å². The third-order valence-electron chi connectivity index (χ3n) is 8.41. The molecule has 1 aliphatic carbocycles. The van der Waals surface area contributed by atoms with Crippen molar-refractivity contribution < 1.29 is 9.47 Å². The molecule has 43 heavy (non-hydrogen) atoms. The van der Waals surface area contributed by atoms with Crippen LogP contribution in [0.1, 0.15) is 51.4 Å². The van der Waals surface area contributed by atoms with Crippen LogP contribution in [0.25, 0.3) is 22.0 Å². The Morgan fingerprint density at radius 2 is 1.44 bits per heavy atom. The SMILES string of the molecule is COc1ccc(-c2ccc(OCCCCCCNC[C@H]3CC[C@@H](Nc4nc(N(C)C)c5ccccc5n4)CC3)cc2)cc1. The van der Waals surface area contributed by atoms with Crippen molar-refractivity contribution in [2.24, 2.45) is 5.92 Å². The third kappa shape index (κ3) is 8.83. The van der Waals surface area contributed by atoms with Gasteiger partial charge in [0, 0.05) is 25.5 Å². The number of para-hydroxylation sites is 1. The average Bonchev–Trinajstić information content (AvgIpc) is 3.04. The van der Waals surface area contributed by atoms with Gasteiger partial charge in [-0.15, -0.1) is 0 Å². The lowest BCUT2D eigenvalue weighted by Gasteiger charge is -2.29. The Morgan fingerprint density at radius 1 is 0.767 bits per heavy atom. The zero-order chi connectivity index (χ0) is 29.9. The van der Waals surface area contributed by atoms with E-state index in [1.54, 1.807) is 7.11 Å². The first-order valence-electron chi connectivity index (χ1n) is 15.9. The van der Waals surface area contributed by atoms with Crippen LogP contribution in [0.15, 0.2) is 72.8 Å². The van der Waals surface area contributed by atoms with E-state index in [4.69, 9.17) is 19.4 Å². The largest absolute Gasteiger partial charge is 0.497 e. The maximum absolute atomic E-state index is 5.97. The van der Waals surface area contributed by atoms with Gasteiger partial charge in [-0.2, -0.15) is 4.98 Å². The predicted molar refractivity (Wildman–Crippen MR) is 178 cm³/mol. The summed E-state index contributed by atoms with van der Waals surface area (Å²) in [6.07, 6.45) is 9.59. The number of benzene rings is 3. The number of hydrogen-bond donors (Lipinski definition) is 2. The summed E-state index contributed by atoms with van der Waals surface area (Å²) in [5.74, 6) is 4.29. The van der Waals surface area contributed by atoms with Gasteiger partial charge in [0.2, 0.25) is 5.95 Å². The molecule has 7 nitrogen and oxygen atoms in total. The highest BCUT2D eigenvalue weighted by molar-refractivity contribution is 5.90. The van der Waals surface area contributed by atoms with E-state index in [9.17, 15) is 0 Å². The fourth-order valence-corrected chi connectivity index (χ4v) is 5.89. The molecule has 0 bridgehead atoms. The van der Waals surface area contributed by atoms with Crippen LogP contribution >= 0.6 is 0 Å². The van der Waals surface area contributed by atoms with E-state index in [1.807, 2.05) is 38.4 Å². The molecular weight excluding hydrogens is 534 g/mol. The van der Waals surface area contributed by atoms with Crippen LogP contribution in [0.4, 0.5) is 11.8 Å². The number of unbranched alkanes of at least 4 members (excludes halogenated alkanes) is 3. The van der Waals surface area contributed by atoms with Crippen molar-refractivity contribution in [3.8, 4) is 22.6 Å². The number of rotatable bonds is 15. The van der Waals surface area contributed by atoms with Gasteiger partial charge in [-0.25, -0.2) is 4.98 Å². The number of anilines is 2. The van der Waals surface area contributed by atoms with Crippen LogP contribution in [0, 0.1) is 5.92 Å². The Morgan fingerprint density at radius 3 is 2.14 bits per heavy atom. The zero-order valence-corrected chi connectivity index (χ0v) is 26.0. The van der Waals surface area contributed by atoms with Crippen molar-refractivity contribution >= 4 is 22.7 Å². The Hall–Kier alpha value is -3.84. The number of methoxy groups -OCH3 is 1. The number of nitrogens with one attached hydrogen (secondary N) is 2. The second-order valence-electron chi connectivity index (χ2n) is 11.9. The lowest BCUT2D eigenvalue weighted by molar-refractivity contribution is 0.303. The molecule has 228 valence electrons. The summed E-state index contributed by atoms with van der Waals surface area (Å²) >= 11 is 0. The molecule has 1 saturated carbocycles. The van der Waals surface area contributed by atoms with Gasteiger partial charge < -0.3 is 25.0 Å². The van der Waals surface area contributed by atoms with E-state index in [1.165, 1.54) is 56.1 Å². The highest BCUT2D eigenvalue weighted by Gasteiger charge is 2.22. The van der Waals surface area contributed by atoms with Crippen LogP contribution < -0.4 is 25.0 Å². The van der Waals surface area contributed by atoms with E-state index in [-0.39, 0.29) is 0 Å². The Labute approximate surface area is 257 Å². The van der Waals surface area contributed by atoms with E-state index in [2.05, 4.69) is 64.1 Å². The molecule has 0 amide bonds. The van der Waals surface area contributed by atoms with Gasteiger partial charge in [0.05, 0.1) is 19.2 Å². The summed E-state index contributed by atoms with van der Waals surface area (Å²) in [4.78, 5) is 11.7. The molecule has 1 aromatic heterocycles. The maximum atomic E-state index is 5.97. The number of ether oxygens (including phenoxy) is 2. The van der Waals surface area contributed by atoms with E-state index in [0.29, 0.717) is 6.04 Å². The molecule has 0 aliphatic heterocycles. The minimum Gasteiger partial charge on any atom is -0.497 e. The smallest absolute Gasteiger partial charge is 0.225 e. The Balaban J connectivity index is 0.908. The predicted octanol–water partition coefficient (Wildman–Crippen LogP) is 7.57. The van der Waals surface area contributed by atoms with Crippen LogP contribution in [0.5, 0.6) is 11.5 Å². The lowest BCUT2D eigenvalue weighted by Crippen LogP contribution is -2.32. The minimum atomic E-state index is 0.445. The summed E-state index contributed by atoms with van der Waals surface area (Å²) in [6.45, 7) is 3.00. The normalized spacial score (nSPS) is 16.6. The molecule has 2 N–H and O–H groups in total. The fraction of sp³-hybridized carbons (Fsp3) is 0.444. The van der Waals surface area contributed by atoms with Gasteiger partial charge in [0.15, 0.2) is 0 Å². The number of hydrogen-bond acceptors (Lipinski definition) is 7. The lowest BCUT2D eigenvalue weighted by atomic mass is 9.86. The molecule has 0 radical (unpaired) electrons. The average molecular weight is 582 g/mol. The molecule has 0 unspecified atom stereocenters. The van der Waals surface area contributed by atoms with Gasteiger partial charge >= 0.3 is 0 Å². The van der Waals surface area contributed by atoms with E-state index in [0.717, 1.165) is 66.2 Å². The highest BCUT2D eigenvalue weighted by Crippen LogP contribution is 2.28. The topological polar surface area (TPSA) is 71.5 Å². The molecule has 7 heteroatoms. The standard InChI is InChI=1S/C36H47N5O2/c1-41(2)35-33-10-6-7-11-34(33)39-36(40-35)38-30-18-12-27(13-19-30)26-37-24-8-4-5-9-25-43-32-22-16-29(17-23-32)28-14-20-31(42-3)21-15-28/h6-7,10-11,14-17,20-23,27,30,37H,4-5,8-9,12-13,18-19,24-26H2,1-3H3,(H,38,39,40)/t27-,30+. The first-order chi connectivity index (χ1) is 21.1. The summed E-state index contributed by atoms with van der Waals surface area (Å²) in [6, 6.07) is 25.2. The van der Waals surface area contributed by atoms with Crippen molar-refractivity contribution in [3.05, 3.63) is 72.8 Å². The van der Waals surface area contributed by atoms with Gasteiger partial charge in [0.1, 0.15) is 17.3 Å². The molecular formula is C36H47N5O2.